The quantitative estimate of drug-likeness (QED) is 0.526. The molecular formula is C16H12ClFN4O2. The normalized spacial score (nSPS) is 10.8. The smallest absolute Gasteiger partial charge is 0.214 e. The second-order valence-corrected chi connectivity index (χ2v) is 5.39. The molecule has 0 atom stereocenters. The van der Waals surface area contributed by atoms with Gasteiger partial charge in [-0.25, -0.2) is 9.07 Å². The molecule has 1 aromatic carbocycles. The van der Waals surface area contributed by atoms with Crippen LogP contribution in [0.15, 0.2) is 36.7 Å². The molecule has 8 heteroatoms. The molecule has 0 radical (unpaired) electrons. The monoisotopic (exact) mass is 346 g/mol. The number of ketones is 1. The summed E-state index contributed by atoms with van der Waals surface area (Å²) in [7, 11) is 0. The molecule has 2 heterocycles. The predicted molar refractivity (Wildman–Crippen MR) is 85.3 cm³/mol. The number of carbonyl (C=O) groups is 2. The maximum Gasteiger partial charge on any atom is 0.214 e. The Kier molecular flexibility index (Phi) is 4.26. The number of aldehydes is 1. The van der Waals surface area contributed by atoms with Gasteiger partial charge in [0.2, 0.25) is 5.78 Å². The minimum Gasteiger partial charge on any atom is -0.298 e. The Balaban J connectivity index is 2.11. The van der Waals surface area contributed by atoms with Gasteiger partial charge in [-0.15, -0.1) is 0 Å². The number of halogens is 2. The minimum atomic E-state index is -0.559. The van der Waals surface area contributed by atoms with Crippen molar-refractivity contribution in [2.45, 2.75) is 13.5 Å². The molecule has 24 heavy (non-hydrogen) atoms. The van der Waals surface area contributed by atoms with E-state index in [2.05, 4.69) is 10.2 Å². The van der Waals surface area contributed by atoms with Crippen LogP contribution in [0.5, 0.6) is 0 Å². The van der Waals surface area contributed by atoms with E-state index in [1.807, 2.05) is 6.92 Å². The fraction of sp³-hybridized carbons (Fsp3) is 0.125. The number of hydrogen-bond donors (Lipinski definition) is 0. The van der Waals surface area contributed by atoms with E-state index in [0.29, 0.717) is 18.4 Å². The van der Waals surface area contributed by atoms with Crippen molar-refractivity contribution in [3.8, 4) is 5.69 Å². The third-order valence-corrected chi connectivity index (χ3v) is 3.66. The molecule has 0 aliphatic heterocycles. The van der Waals surface area contributed by atoms with Gasteiger partial charge in [-0.1, -0.05) is 11.6 Å². The first-order chi connectivity index (χ1) is 11.5. The van der Waals surface area contributed by atoms with Crippen LogP contribution < -0.4 is 0 Å². The highest BCUT2D eigenvalue weighted by atomic mass is 35.5. The van der Waals surface area contributed by atoms with E-state index in [4.69, 9.17) is 11.6 Å². The summed E-state index contributed by atoms with van der Waals surface area (Å²) in [6.45, 7) is 2.53. The lowest BCUT2D eigenvalue weighted by Crippen LogP contribution is -2.11. The van der Waals surface area contributed by atoms with Gasteiger partial charge in [-0.05, 0) is 25.1 Å². The number of aryl methyl sites for hydroxylation is 1. The second-order valence-electron chi connectivity index (χ2n) is 5.00. The minimum absolute atomic E-state index is 0.0630. The lowest BCUT2D eigenvalue weighted by atomic mass is 10.1. The zero-order chi connectivity index (χ0) is 17.3. The van der Waals surface area contributed by atoms with Crippen LogP contribution in [0, 0.1) is 5.82 Å². The van der Waals surface area contributed by atoms with Crippen LogP contribution in [0.2, 0.25) is 5.15 Å². The molecule has 0 N–H and O–H groups in total. The summed E-state index contributed by atoms with van der Waals surface area (Å²) in [4.78, 5) is 23.9. The summed E-state index contributed by atoms with van der Waals surface area (Å²) in [6, 6.07) is 5.02. The molecule has 0 saturated carbocycles. The fourth-order valence-electron chi connectivity index (χ4n) is 2.31. The molecule has 0 aliphatic carbocycles. The van der Waals surface area contributed by atoms with Gasteiger partial charge >= 0.3 is 0 Å². The van der Waals surface area contributed by atoms with Gasteiger partial charge in [0.25, 0.3) is 0 Å². The molecule has 122 valence electrons. The Morgan fingerprint density at radius 3 is 2.83 bits per heavy atom. The summed E-state index contributed by atoms with van der Waals surface area (Å²) in [5.74, 6) is -0.911. The van der Waals surface area contributed by atoms with E-state index in [9.17, 15) is 14.0 Å². The van der Waals surface area contributed by atoms with Crippen molar-refractivity contribution in [2.24, 2.45) is 0 Å². The van der Waals surface area contributed by atoms with E-state index < -0.39 is 5.82 Å². The van der Waals surface area contributed by atoms with E-state index in [1.165, 1.54) is 29.1 Å². The highest BCUT2D eigenvalue weighted by Crippen LogP contribution is 2.21. The summed E-state index contributed by atoms with van der Waals surface area (Å²) < 4.78 is 16.2. The first kappa shape index (κ1) is 16.1. The third kappa shape index (κ3) is 2.85. The maximum atomic E-state index is 13.3. The fourth-order valence-corrected chi connectivity index (χ4v) is 2.49. The van der Waals surface area contributed by atoms with Crippen molar-refractivity contribution in [3.63, 3.8) is 0 Å². The topological polar surface area (TPSA) is 69.8 Å². The molecule has 0 fully saturated rings. The Hall–Kier alpha value is -2.80. The molecule has 0 aliphatic rings. The van der Waals surface area contributed by atoms with Crippen molar-refractivity contribution in [3.05, 3.63) is 64.5 Å². The third-order valence-electron chi connectivity index (χ3n) is 3.48. The average molecular weight is 347 g/mol. The molecular weight excluding hydrogens is 335 g/mol. The maximum absolute atomic E-state index is 13.3. The van der Waals surface area contributed by atoms with Gasteiger partial charge in [0.15, 0.2) is 11.4 Å². The van der Waals surface area contributed by atoms with Crippen molar-refractivity contribution in [1.29, 1.82) is 0 Å². The molecule has 3 rings (SSSR count). The molecule has 0 unspecified atom stereocenters. The van der Waals surface area contributed by atoms with Crippen LogP contribution in [0.1, 0.15) is 33.3 Å². The van der Waals surface area contributed by atoms with Crippen LogP contribution in [0.4, 0.5) is 4.39 Å². The molecule has 0 amide bonds. The van der Waals surface area contributed by atoms with Gasteiger partial charge in [-0.3, -0.25) is 14.3 Å². The largest absolute Gasteiger partial charge is 0.298 e. The summed E-state index contributed by atoms with van der Waals surface area (Å²) >= 11 is 5.94. The SMILES string of the molecule is CCn1cc(C(=O)c2cc(Cl)nn2-c2ccc(F)cc2C=O)cn1. The Labute approximate surface area is 141 Å². The molecule has 6 nitrogen and oxygen atoms in total. The van der Waals surface area contributed by atoms with Crippen LogP contribution in [-0.4, -0.2) is 31.6 Å². The first-order valence-electron chi connectivity index (χ1n) is 7.11. The highest BCUT2D eigenvalue weighted by molar-refractivity contribution is 6.30. The van der Waals surface area contributed by atoms with Gasteiger partial charge in [0.1, 0.15) is 11.5 Å². The number of benzene rings is 1. The molecule has 0 bridgehead atoms. The number of carbonyl (C=O) groups excluding carboxylic acids is 2. The Morgan fingerprint density at radius 1 is 1.38 bits per heavy atom. The van der Waals surface area contributed by atoms with Crippen molar-refractivity contribution >= 4 is 23.7 Å². The van der Waals surface area contributed by atoms with E-state index in [0.717, 1.165) is 6.07 Å². The highest BCUT2D eigenvalue weighted by Gasteiger charge is 2.20. The zero-order valence-electron chi connectivity index (χ0n) is 12.6. The molecule has 3 aromatic rings. The number of aromatic nitrogens is 4. The van der Waals surface area contributed by atoms with Crippen molar-refractivity contribution in [2.75, 3.05) is 0 Å². The summed E-state index contributed by atoms with van der Waals surface area (Å²) in [6.07, 6.45) is 3.55. The van der Waals surface area contributed by atoms with Gasteiger partial charge in [0.05, 0.1) is 17.4 Å². The Bertz CT molecular complexity index is 932. The number of rotatable bonds is 5. The standard InChI is InChI=1S/C16H12ClFN4O2/c1-2-21-8-11(7-19-21)16(24)14-6-15(17)20-22(14)13-4-3-12(18)5-10(13)9-23/h3-9H,2H2,1H3. The second kappa shape index (κ2) is 6.37. The average Bonchev–Trinajstić information content (AvgIpc) is 3.20. The van der Waals surface area contributed by atoms with E-state index in [-0.39, 0.29) is 27.9 Å². The summed E-state index contributed by atoms with van der Waals surface area (Å²) in [5.41, 5.74) is 0.854. The molecule has 0 spiro atoms. The molecule has 0 saturated heterocycles. The lowest BCUT2D eigenvalue weighted by Gasteiger charge is -2.08. The van der Waals surface area contributed by atoms with E-state index in [1.54, 1.807) is 10.9 Å². The van der Waals surface area contributed by atoms with Crippen molar-refractivity contribution < 1.29 is 14.0 Å². The van der Waals surface area contributed by atoms with Crippen LogP contribution in [-0.2, 0) is 6.54 Å². The molecule has 2 aromatic heterocycles. The van der Waals surface area contributed by atoms with Gasteiger partial charge in [0, 0.05) is 24.4 Å². The van der Waals surface area contributed by atoms with E-state index >= 15 is 0 Å². The van der Waals surface area contributed by atoms with Crippen LogP contribution in [0.25, 0.3) is 5.69 Å². The van der Waals surface area contributed by atoms with Gasteiger partial charge in [-0.2, -0.15) is 10.2 Å². The van der Waals surface area contributed by atoms with Gasteiger partial charge < -0.3 is 0 Å². The van der Waals surface area contributed by atoms with Crippen LogP contribution in [0.3, 0.4) is 0 Å². The Morgan fingerprint density at radius 2 is 2.17 bits per heavy atom. The zero-order valence-corrected chi connectivity index (χ0v) is 13.4. The van der Waals surface area contributed by atoms with Crippen LogP contribution >= 0.6 is 11.6 Å². The summed E-state index contributed by atoms with van der Waals surface area (Å²) in [5, 5.41) is 8.19. The number of nitrogens with zero attached hydrogens (tertiary/aromatic N) is 4. The lowest BCUT2D eigenvalue weighted by molar-refractivity contribution is 0.103. The van der Waals surface area contributed by atoms with Crippen molar-refractivity contribution in [1.82, 2.24) is 19.6 Å². The predicted octanol–water partition coefficient (Wildman–Crippen LogP) is 2.92. The first-order valence-corrected chi connectivity index (χ1v) is 7.49. The number of hydrogen-bond acceptors (Lipinski definition) is 4.